The predicted octanol–water partition coefficient (Wildman–Crippen LogP) is 3.95. The highest BCUT2D eigenvalue weighted by Gasteiger charge is 2.12. The SMILES string of the molecule is CCOc1nc(Nc2ccc(-c3nc(C)c(C)o3)cc2)cc(N)c1C#N. The van der Waals surface area contributed by atoms with Crippen LogP contribution < -0.4 is 15.8 Å². The molecular formula is C19H19N5O2. The van der Waals surface area contributed by atoms with E-state index in [4.69, 9.17) is 14.9 Å². The van der Waals surface area contributed by atoms with Crippen LogP contribution >= 0.6 is 0 Å². The molecule has 7 nitrogen and oxygen atoms in total. The zero-order valence-electron chi connectivity index (χ0n) is 14.8. The summed E-state index contributed by atoms with van der Waals surface area (Å²) in [6.45, 7) is 6.02. The van der Waals surface area contributed by atoms with Crippen LogP contribution in [0.25, 0.3) is 11.5 Å². The molecule has 0 aliphatic carbocycles. The number of nitrogens with one attached hydrogen (secondary N) is 1. The minimum absolute atomic E-state index is 0.222. The molecule has 3 N–H and O–H groups in total. The molecule has 7 heteroatoms. The van der Waals surface area contributed by atoms with Crippen LogP contribution in [0.1, 0.15) is 23.9 Å². The highest BCUT2D eigenvalue weighted by atomic mass is 16.5. The molecule has 0 spiro atoms. The third-order valence-corrected chi connectivity index (χ3v) is 3.84. The summed E-state index contributed by atoms with van der Waals surface area (Å²) in [6, 6.07) is 11.2. The van der Waals surface area contributed by atoms with Gasteiger partial charge in [0.15, 0.2) is 0 Å². The second-order valence-electron chi connectivity index (χ2n) is 5.68. The molecule has 0 amide bonds. The molecule has 2 aromatic heterocycles. The zero-order valence-corrected chi connectivity index (χ0v) is 14.8. The monoisotopic (exact) mass is 349 g/mol. The molecule has 0 aliphatic rings. The van der Waals surface area contributed by atoms with Crippen molar-refractivity contribution in [3.05, 3.63) is 47.3 Å². The number of nitriles is 1. The maximum atomic E-state index is 9.18. The van der Waals surface area contributed by atoms with Crippen molar-refractivity contribution in [2.45, 2.75) is 20.8 Å². The van der Waals surface area contributed by atoms with E-state index in [9.17, 15) is 5.26 Å². The van der Waals surface area contributed by atoms with Crippen molar-refractivity contribution in [1.29, 1.82) is 5.26 Å². The molecule has 0 saturated carbocycles. The minimum Gasteiger partial charge on any atom is -0.477 e. The molecule has 3 rings (SSSR count). The summed E-state index contributed by atoms with van der Waals surface area (Å²) in [5.74, 6) is 2.12. The largest absolute Gasteiger partial charge is 0.477 e. The van der Waals surface area contributed by atoms with Crippen molar-refractivity contribution in [2.24, 2.45) is 0 Å². The number of hydrogen-bond donors (Lipinski definition) is 2. The predicted molar refractivity (Wildman–Crippen MR) is 99.2 cm³/mol. The number of oxazole rings is 1. The maximum absolute atomic E-state index is 9.18. The zero-order chi connectivity index (χ0) is 18.7. The smallest absolute Gasteiger partial charge is 0.235 e. The Labute approximate surface area is 151 Å². The molecule has 0 unspecified atom stereocenters. The maximum Gasteiger partial charge on any atom is 0.235 e. The molecule has 1 aromatic carbocycles. The van der Waals surface area contributed by atoms with Crippen molar-refractivity contribution >= 4 is 17.2 Å². The number of benzene rings is 1. The first-order chi connectivity index (χ1) is 12.5. The lowest BCUT2D eigenvalue weighted by atomic mass is 10.2. The lowest BCUT2D eigenvalue weighted by Gasteiger charge is -2.11. The average Bonchev–Trinajstić information content (AvgIpc) is 2.95. The van der Waals surface area contributed by atoms with Crippen LogP contribution in [0.3, 0.4) is 0 Å². The third kappa shape index (κ3) is 3.44. The topological polar surface area (TPSA) is 110 Å². The number of ether oxygens (including phenoxy) is 1. The number of anilines is 3. The Kier molecular flexibility index (Phi) is 4.76. The lowest BCUT2D eigenvalue weighted by molar-refractivity contribution is 0.326. The van der Waals surface area contributed by atoms with Crippen molar-refractivity contribution < 1.29 is 9.15 Å². The van der Waals surface area contributed by atoms with Crippen LogP contribution in [0.2, 0.25) is 0 Å². The number of pyridine rings is 1. The van der Waals surface area contributed by atoms with Gasteiger partial charge < -0.3 is 20.2 Å². The second-order valence-corrected chi connectivity index (χ2v) is 5.68. The Morgan fingerprint density at radius 2 is 1.96 bits per heavy atom. The van der Waals surface area contributed by atoms with E-state index >= 15 is 0 Å². The van der Waals surface area contributed by atoms with E-state index in [2.05, 4.69) is 15.3 Å². The fourth-order valence-corrected chi connectivity index (χ4v) is 2.40. The number of nitrogens with zero attached hydrogens (tertiary/aromatic N) is 3. The molecule has 0 fully saturated rings. The number of nitrogens with two attached hydrogens (primary N) is 1. The van der Waals surface area contributed by atoms with Crippen LogP contribution in [0.5, 0.6) is 5.88 Å². The number of aromatic nitrogens is 2. The highest BCUT2D eigenvalue weighted by Crippen LogP contribution is 2.28. The van der Waals surface area contributed by atoms with Gasteiger partial charge >= 0.3 is 0 Å². The van der Waals surface area contributed by atoms with Gasteiger partial charge in [-0.2, -0.15) is 10.2 Å². The first kappa shape index (κ1) is 17.3. The molecule has 0 radical (unpaired) electrons. The molecule has 132 valence electrons. The normalized spacial score (nSPS) is 10.4. The summed E-state index contributed by atoms with van der Waals surface area (Å²) in [7, 11) is 0. The number of nitrogen functional groups attached to an aromatic ring is 1. The molecular weight excluding hydrogens is 330 g/mol. The van der Waals surface area contributed by atoms with E-state index in [0.717, 1.165) is 22.7 Å². The molecule has 0 atom stereocenters. The van der Waals surface area contributed by atoms with Gasteiger partial charge in [-0.3, -0.25) is 0 Å². The van der Waals surface area contributed by atoms with Crippen LogP contribution in [-0.4, -0.2) is 16.6 Å². The van der Waals surface area contributed by atoms with Gasteiger partial charge in [-0.1, -0.05) is 0 Å². The minimum atomic E-state index is 0.222. The Morgan fingerprint density at radius 3 is 2.54 bits per heavy atom. The summed E-state index contributed by atoms with van der Waals surface area (Å²) in [5, 5.41) is 12.3. The van der Waals surface area contributed by atoms with Gasteiger partial charge in [0, 0.05) is 17.3 Å². The fraction of sp³-hybridized carbons (Fsp3) is 0.211. The Hall–Kier alpha value is -3.53. The average molecular weight is 349 g/mol. The summed E-state index contributed by atoms with van der Waals surface area (Å²) >= 11 is 0. The molecule has 3 aromatic rings. The van der Waals surface area contributed by atoms with Gasteiger partial charge in [0.05, 0.1) is 18.0 Å². The van der Waals surface area contributed by atoms with E-state index in [1.54, 1.807) is 6.07 Å². The van der Waals surface area contributed by atoms with E-state index in [0.29, 0.717) is 24.0 Å². The molecule has 0 bridgehead atoms. The second kappa shape index (κ2) is 7.15. The van der Waals surface area contributed by atoms with Crippen LogP contribution in [0, 0.1) is 25.2 Å². The van der Waals surface area contributed by atoms with Gasteiger partial charge in [0.25, 0.3) is 0 Å². The van der Waals surface area contributed by atoms with Crippen molar-refractivity contribution in [3.8, 4) is 23.4 Å². The van der Waals surface area contributed by atoms with Gasteiger partial charge in [0.1, 0.15) is 23.2 Å². The number of hydrogen-bond acceptors (Lipinski definition) is 7. The standard InChI is InChI=1S/C19H19N5O2/c1-4-25-19-15(10-20)16(21)9-17(24-19)23-14-7-5-13(6-8-14)18-22-11(2)12(3)26-18/h5-9H,4H2,1-3H3,(H3,21,23,24). The molecule has 0 saturated heterocycles. The fourth-order valence-electron chi connectivity index (χ4n) is 2.40. The van der Waals surface area contributed by atoms with Crippen molar-refractivity contribution in [3.63, 3.8) is 0 Å². The third-order valence-electron chi connectivity index (χ3n) is 3.84. The van der Waals surface area contributed by atoms with E-state index in [-0.39, 0.29) is 11.4 Å². The van der Waals surface area contributed by atoms with E-state index < -0.39 is 0 Å². The number of aryl methyl sites for hydroxylation is 2. The van der Waals surface area contributed by atoms with Crippen LogP contribution in [0.4, 0.5) is 17.2 Å². The quantitative estimate of drug-likeness (QED) is 0.717. The van der Waals surface area contributed by atoms with E-state index in [1.807, 2.05) is 51.1 Å². The molecule has 0 aliphatic heterocycles. The van der Waals surface area contributed by atoms with Crippen LogP contribution in [0.15, 0.2) is 34.7 Å². The molecule has 2 heterocycles. The first-order valence-corrected chi connectivity index (χ1v) is 8.16. The summed E-state index contributed by atoms with van der Waals surface area (Å²) < 4.78 is 11.0. The summed E-state index contributed by atoms with van der Waals surface area (Å²) in [5.41, 5.74) is 9.06. The van der Waals surface area contributed by atoms with Gasteiger partial charge in [-0.05, 0) is 45.0 Å². The van der Waals surface area contributed by atoms with Crippen molar-refractivity contribution in [1.82, 2.24) is 9.97 Å². The Balaban J connectivity index is 1.84. The number of rotatable bonds is 5. The summed E-state index contributed by atoms with van der Waals surface area (Å²) in [4.78, 5) is 8.71. The summed E-state index contributed by atoms with van der Waals surface area (Å²) in [6.07, 6.45) is 0. The highest BCUT2D eigenvalue weighted by molar-refractivity contribution is 5.68. The Bertz CT molecular complexity index is 951. The van der Waals surface area contributed by atoms with Gasteiger partial charge in [-0.15, -0.1) is 0 Å². The van der Waals surface area contributed by atoms with Crippen molar-refractivity contribution in [2.75, 3.05) is 17.7 Å². The van der Waals surface area contributed by atoms with Gasteiger partial charge in [-0.25, -0.2) is 4.98 Å². The van der Waals surface area contributed by atoms with Gasteiger partial charge in [0.2, 0.25) is 11.8 Å². The Morgan fingerprint density at radius 1 is 1.23 bits per heavy atom. The van der Waals surface area contributed by atoms with E-state index in [1.165, 1.54) is 0 Å². The lowest BCUT2D eigenvalue weighted by Crippen LogP contribution is -2.04. The van der Waals surface area contributed by atoms with Crippen LogP contribution in [-0.2, 0) is 0 Å². The first-order valence-electron chi connectivity index (χ1n) is 8.16. The molecule has 26 heavy (non-hydrogen) atoms.